The third-order valence-electron chi connectivity index (χ3n) is 1.74. The van der Waals surface area contributed by atoms with Crippen molar-refractivity contribution in [1.82, 2.24) is 0 Å². The minimum Gasteiger partial charge on any atom is -0.455 e. The van der Waals surface area contributed by atoms with Crippen LogP contribution in [0.4, 0.5) is 0 Å². The quantitative estimate of drug-likeness (QED) is 0.318. The number of rotatable bonds is 1. The number of aliphatic hydroxyl groups excluding tert-OH is 4. The fourth-order valence-electron chi connectivity index (χ4n) is 0.980. The highest BCUT2D eigenvalue weighted by Crippen LogP contribution is 2.15. The summed E-state index contributed by atoms with van der Waals surface area (Å²) in [6.45, 7) is -0.587. The summed E-state index contributed by atoms with van der Waals surface area (Å²) in [5.74, 6) is -1.04. The maximum Gasteiger partial charge on any atom is 0.338 e. The number of carbonyl (C=O) groups excluding carboxylic acids is 1. The van der Waals surface area contributed by atoms with Gasteiger partial charge in [-0.15, -0.1) is 0 Å². The predicted molar refractivity (Wildman–Crippen MR) is 35.0 cm³/mol. The first-order valence-electron chi connectivity index (χ1n) is 3.43. The smallest absolute Gasteiger partial charge is 0.338 e. The Balaban J connectivity index is 2.70. The molecular weight excluding hydrogens is 168 g/mol. The summed E-state index contributed by atoms with van der Waals surface area (Å²) >= 11 is 0. The van der Waals surface area contributed by atoms with Crippen molar-refractivity contribution in [3.8, 4) is 0 Å². The van der Waals surface area contributed by atoms with Crippen LogP contribution in [0, 0.1) is 0 Å². The van der Waals surface area contributed by atoms with E-state index in [1.54, 1.807) is 0 Å². The number of hydrogen-bond acceptors (Lipinski definition) is 6. The minimum atomic E-state index is -1.73. The molecule has 0 saturated carbocycles. The lowest BCUT2D eigenvalue weighted by Gasteiger charge is -2.32. The van der Waals surface area contributed by atoms with Gasteiger partial charge in [0.1, 0.15) is 12.2 Å². The van der Waals surface area contributed by atoms with Crippen LogP contribution >= 0.6 is 0 Å². The zero-order chi connectivity index (χ0) is 9.30. The Labute approximate surface area is 68.0 Å². The van der Waals surface area contributed by atoms with E-state index in [9.17, 15) is 4.79 Å². The van der Waals surface area contributed by atoms with Gasteiger partial charge in [0.05, 0.1) is 6.61 Å². The Morgan fingerprint density at radius 2 is 1.83 bits per heavy atom. The van der Waals surface area contributed by atoms with Gasteiger partial charge >= 0.3 is 5.97 Å². The van der Waals surface area contributed by atoms with Crippen LogP contribution in [0.15, 0.2) is 0 Å². The molecule has 1 aliphatic rings. The molecule has 1 rings (SSSR count). The van der Waals surface area contributed by atoms with Crippen molar-refractivity contribution in [3.05, 3.63) is 0 Å². The lowest BCUT2D eigenvalue weighted by Crippen LogP contribution is -2.56. The normalized spacial score (nSPS) is 42.5. The summed E-state index contributed by atoms with van der Waals surface area (Å²) in [7, 11) is 0. The molecule has 0 radical (unpaired) electrons. The van der Waals surface area contributed by atoms with E-state index in [0.717, 1.165) is 0 Å². The van der Waals surface area contributed by atoms with Crippen molar-refractivity contribution in [2.24, 2.45) is 0 Å². The molecule has 1 saturated heterocycles. The summed E-state index contributed by atoms with van der Waals surface area (Å²) in [5.41, 5.74) is 0. The van der Waals surface area contributed by atoms with Crippen LogP contribution in [0.1, 0.15) is 0 Å². The molecule has 1 fully saturated rings. The van der Waals surface area contributed by atoms with E-state index in [4.69, 9.17) is 20.4 Å². The lowest BCUT2D eigenvalue weighted by atomic mass is 10.0. The summed E-state index contributed by atoms with van der Waals surface area (Å²) < 4.78 is 4.38. The second-order valence-electron chi connectivity index (χ2n) is 2.58. The van der Waals surface area contributed by atoms with Gasteiger partial charge in [0.25, 0.3) is 0 Å². The highest BCUT2D eigenvalue weighted by atomic mass is 16.6. The average Bonchev–Trinajstić information content (AvgIpc) is 2.08. The van der Waals surface area contributed by atoms with Crippen LogP contribution in [0.2, 0.25) is 0 Å². The molecule has 0 spiro atoms. The number of cyclic esters (lactones) is 1. The van der Waals surface area contributed by atoms with E-state index in [2.05, 4.69) is 4.74 Å². The number of ether oxygens (including phenoxy) is 1. The first-order valence-corrected chi connectivity index (χ1v) is 3.43. The average molecular weight is 178 g/mol. The van der Waals surface area contributed by atoms with Gasteiger partial charge in [0.15, 0.2) is 12.2 Å². The zero-order valence-corrected chi connectivity index (χ0v) is 6.12. The van der Waals surface area contributed by atoms with Gasteiger partial charge in [-0.05, 0) is 0 Å². The summed E-state index contributed by atoms with van der Waals surface area (Å²) in [4.78, 5) is 10.7. The van der Waals surface area contributed by atoms with E-state index >= 15 is 0 Å². The predicted octanol–water partition coefficient (Wildman–Crippen LogP) is -3.01. The molecule has 1 aliphatic heterocycles. The molecule has 0 amide bonds. The van der Waals surface area contributed by atoms with Crippen LogP contribution in [-0.4, -0.2) is 57.4 Å². The van der Waals surface area contributed by atoms with Crippen molar-refractivity contribution >= 4 is 5.97 Å². The Kier molecular flexibility index (Phi) is 2.63. The van der Waals surface area contributed by atoms with Crippen LogP contribution in [0.5, 0.6) is 0 Å². The van der Waals surface area contributed by atoms with Gasteiger partial charge in [-0.25, -0.2) is 4.79 Å². The Bertz CT molecular complexity index is 179. The molecule has 1 heterocycles. The van der Waals surface area contributed by atoms with E-state index in [-0.39, 0.29) is 0 Å². The standard InChI is InChI=1S/C6H10O6/c7-1-2-3(8)4(9)5(10)6(11)12-2/h2-5,7-10H,1H2/t2?,3?,4-,5?/m1/s1. The van der Waals surface area contributed by atoms with Crippen LogP contribution in [-0.2, 0) is 9.53 Å². The highest BCUT2D eigenvalue weighted by molar-refractivity contribution is 5.76. The molecule has 6 heteroatoms. The summed E-state index contributed by atoms with van der Waals surface area (Å²) in [6.07, 6.45) is -5.93. The van der Waals surface area contributed by atoms with Crippen molar-refractivity contribution in [3.63, 3.8) is 0 Å². The molecule has 0 aromatic heterocycles. The first-order chi connectivity index (χ1) is 5.57. The molecule has 0 aliphatic carbocycles. The van der Waals surface area contributed by atoms with Gasteiger partial charge in [-0.3, -0.25) is 0 Å². The molecule has 70 valence electrons. The number of esters is 1. The molecular formula is C6H10O6. The number of aliphatic hydroxyl groups is 4. The van der Waals surface area contributed by atoms with Crippen molar-refractivity contribution < 1.29 is 30.0 Å². The zero-order valence-electron chi connectivity index (χ0n) is 6.12. The number of hydrogen-bond donors (Lipinski definition) is 4. The van der Waals surface area contributed by atoms with E-state index in [1.165, 1.54) is 0 Å². The van der Waals surface area contributed by atoms with Gasteiger partial charge in [-0.1, -0.05) is 0 Å². The first kappa shape index (κ1) is 9.40. The Morgan fingerprint density at radius 1 is 1.25 bits per heavy atom. The van der Waals surface area contributed by atoms with Crippen molar-refractivity contribution in [2.45, 2.75) is 24.4 Å². The molecule has 6 nitrogen and oxygen atoms in total. The van der Waals surface area contributed by atoms with Crippen LogP contribution < -0.4 is 0 Å². The van der Waals surface area contributed by atoms with Gasteiger partial charge in [0.2, 0.25) is 0 Å². The number of carbonyl (C=O) groups is 1. The molecule has 4 N–H and O–H groups in total. The summed E-state index contributed by atoms with van der Waals surface area (Å²) in [6, 6.07) is 0. The molecule has 12 heavy (non-hydrogen) atoms. The van der Waals surface area contributed by atoms with Crippen LogP contribution in [0.3, 0.4) is 0 Å². The lowest BCUT2D eigenvalue weighted by molar-refractivity contribution is -0.206. The van der Waals surface area contributed by atoms with Crippen molar-refractivity contribution in [2.75, 3.05) is 6.61 Å². The molecule has 0 aromatic carbocycles. The van der Waals surface area contributed by atoms with E-state index in [0.29, 0.717) is 0 Å². The van der Waals surface area contributed by atoms with Gasteiger partial charge < -0.3 is 25.2 Å². The summed E-state index contributed by atoms with van der Waals surface area (Å²) in [5, 5.41) is 35.5. The van der Waals surface area contributed by atoms with Gasteiger partial charge in [0, 0.05) is 0 Å². The minimum absolute atomic E-state index is 0.587. The molecule has 0 aromatic rings. The molecule has 4 atom stereocenters. The maximum atomic E-state index is 10.7. The van der Waals surface area contributed by atoms with E-state index in [1.807, 2.05) is 0 Å². The Hall–Kier alpha value is -0.690. The SMILES string of the molecule is O=C1OC(CO)C(O)[C@@H](O)C1O. The molecule has 3 unspecified atom stereocenters. The van der Waals surface area contributed by atoms with Crippen molar-refractivity contribution in [1.29, 1.82) is 0 Å². The monoisotopic (exact) mass is 178 g/mol. The van der Waals surface area contributed by atoms with Gasteiger partial charge in [-0.2, -0.15) is 0 Å². The third-order valence-corrected chi connectivity index (χ3v) is 1.74. The third kappa shape index (κ3) is 1.42. The largest absolute Gasteiger partial charge is 0.455 e. The molecule has 0 bridgehead atoms. The van der Waals surface area contributed by atoms with E-state index < -0.39 is 37.0 Å². The second kappa shape index (κ2) is 3.36. The fraction of sp³-hybridized carbons (Fsp3) is 0.833. The highest BCUT2D eigenvalue weighted by Gasteiger charge is 2.43. The Morgan fingerprint density at radius 3 is 2.33 bits per heavy atom. The maximum absolute atomic E-state index is 10.7. The topological polar surface area (TPSA) is 107 Å². The fourth-order valence-corrected chi connectivity index (χ4v) is 0.980. The van der Waals surface area contributed by atoms with Crippen LogP contribution in [0.25, 0.3) is 0 Å². The second-order valence-corrected chi connectivity index (χ2v) is 2.58.